The van der Waals surface area contributed by atoms with Crippen molar-refractivity contribution in [3.63, 3.8) is 0 Å². The zero-order valence-electron chi connectivity index (χ0n) is 14.9. The molecule has 0 heterocycles. The molecule has 0 spiro atoms. The second kappa shape index (κ2) is 9.62. The summed E-state index contributed by atoms with van der Waals surface area (Å²) >= 11 is 0. The minimum absolute atomic E-state index is 0.0301. The molecule has 2 rings (SSSR count). The van der Waals surface area contributed by atoms with Crippen molar-refractivity contribution in [1.29, 1.82) is 0 Å². The number of carbonyl (C=O) groups excluding carboxylic acids is 2. The average Bonchev–Trinajstić information content (AvgIpc) is 2.63. The second-order valence-electron chi connectivity index (χ2n) is 6.14. The van der Waals surface area contributed by atoms with Crippen LogP contribution < -0.4 is 10.6 Å². The monoisotopic (exact) mass is 338 g/mol. The van der Waals surface area contributed by atoms with Crippen LogP contribution in [0.1, 0.15) is 49.9 Å². The van der Waals surface area contributed by atoms with Gasteiger partial charge >= 0.3 is 0 Å². The molecule has 25 heavy (non-hydrogen) atoms. The summed E-state index contributed by atoms with van der Waals surface area (Å²) in [5, 5.41) is 5.82. The third kappa shape index (κ3) is 5.75. The molecule has 0 radical (unpaired) electrons. The Bertz CT molecular complexity index is 698. The molecule has 4 nitrogen and oxygen atoms in total. The van der Waals surface area contributed by atoms with Crippen LogP contribution in [0.25, 0.3) is 0 Å². The van der Waals surface area contributed by atoms with Crippen molar-refractivity contribution in [2.45, 2.75) is 39.5 Å². The molecule has 2 amide bonds. The zero-order chi connectivity index (χ0) is 18.1. The number of carbonyl (C=O) groups is 2. The fourth-order valence-electron chi connectivity index (χ4n) is 2.68. The van der Waals surface area contributed by atoms with E-state index in [2.05, 4.69) is 17.6 Å². The van der Waals surface area contributed by atoms with Crippen LogP contribution in [0.4, 0.5) is 11.4 Å². The van der Waals surface area contributed by atoms with Crippen LogP contribution >= 0.6 is 0 Å². The molecule has 0 fully saturated rings. The Kier molecular flexibility index (Phi) is 7.20. The molecule has 0 saturated heterocycles. The van der Waals surface area contributed by atoms with Crippen LogP contribution in [-0.2, 0) is 4.79 Å². The highest BCUT2D eigenvalue weighted by Gasteiger charge is 2.16. The summed E-state index contributed by atoms with van der Waals surface area (Å²) in [6, 6.07) is 16.3. The third-order valence-electron chi connectivity index (χ3n) is 4.19. The predicted molar refractivity (Wildman–Crippen MR) is 103 cm³/mol. The maximum absolute atomic E-state index is 12.4. The maximum atomic E-state index is 12.4. The molecule has 0 aliphatic rings. The highest BCUT2D eigenvalue weighted by Crippen LogP contribution is 2.19. The summed E-state index contributed by atoms with van der Waals surface area (Å²) < 4.78 is 0. The minimum Gasteiger partial charge on any atom is -0.326 e. The molecule has 2 N–H and O–H groups in total. The van der Waals surface area contributed by atoms with Gasteiger partial charge in [0, 0.05) is 22.9 Å². The van der Waals surface area contributed by atoms with Crippen LogP contribution in [0, 0.1) is 5.92 Å². The Morgan fingerprint density at radius 3 is 2.24 bits per heavy atom. The van der Waals surface area contributed by atoms with E-state index >= 15 is 0 Å². The third-order valence-corrected chi connectivity index (χ3v) is 4.19. The number of nitrogens with one attached hydrogen (secondary N) is 2. The summed E-state index contributed by atoms with van der Waals surface area (Å²) in [6.07, 6.45) is 3.88. The first-order valence-electron chi connectivity index (χ1n) is 8.91. The van der Waals surface area contributed by atoms with E-state index in [9.17, 15) is 9.59 Å². The zero-order valence-corrected chi connectivity index (χ0v) is 14.9. The first kappa shape index (κ1) is 18.7. The highest BCUT2D eigenvalue weighted by atomic mass is 16.2. The lowest BCUT2D eigenvalue weighted by molar-refractivity contribution is -0.120. The Morgan fingerprint density at radius 2 is 1.60 bits per heavy atom. The van der Waals surface area contributed by atoms with E-state index in [0.29, 0.717) is 16.9 Å². The van der Waals surface area contributed by atoms with Gasteiger partial charge in [-0.15, -0.1) is 0 Å². The molecule has 1 unspecified atom stereocenters. The van der Waals surface area contributed by atoms with Crippen LogP contribution in [0.2, 0.25) is 0 Å². The molecule has 1 atom stereocenters. The van der Waals surface area contributed by atoms with Crippen LogP contribution in [0.3, 0.4) is 0 Å². The lowest BCUT2D eigenvalue weighted by Gasteiger charge is -2.15. The Balaban J connectivity index is 2.01. The molecule has 0 bridgehead atoms. The van der Waals surface area contributed by atoms with E-state index in [1.165, 1.54) is 0 Å². The molecule has 2 aromatic carbocycles. The average molecular weight is 338 g/mol. The van der Waals surface area contributed by atoms with Crippen LogP contribution in [-0.4, -0.2) is 11.8 Å². The van der Waals surface area contributed by atoms with Crippen LogP contribution in [0.15, 0.2) is 54.6 Å². The fourth-order valence-corrected chi connectivity index (χ4v) is 2.68. The van der Waals surface area contributed by atoms with Gasteiger partial charge in [0.1, 0.15) is 0 Å². The molecular formula is C21H26N2O2. The number of rotatable bonds is 8. The van der Waals surface area contributed by atoms with Gasteiger partial charge in [0.25, 0.3) is 5.91 Å². The van der Waals surface area contributed by atoms with Gasteiger partial charge in [0.05, 0.1) is 0 Å². The highest BCUT2D eigenvalue weighted by molar-refractivity contribution is 6.04. The van der Waals surface area contributed by atoms with Crippen LogP contribution in [0.5, 0.6) is 0 Å². The largest absolute Gasteiger partial charge is 0.326 e. The van der Waals surface area contributed by atoms with Gasteiger partial charge < -0.3 is 10.6 Å². The molecule has 132 valence electrons. The van der Waals surface area contributed by atoms with Gasteiger partial charge in [-0.25, -0.2) is 0 Å². The summed E-state index contributed by atoms with van der Waals surface area (Å²) in [4.78, 5) is 24.6. The number of hydrogen-bond acceptors (Lipinski definition) is 2. The number of benzene rings is 2. The number of amides is 2. The Hall–Kier alpha value is -2.62. The Morgan fingerprint density at radius 1 is 0.920 bits per heavy atom. The topological polar surface area (TPSA) is 58.2 Å². The van der Waals surface area contributed by atoms with E-state index in [1.54, 1.807) is 18.2 Å². The lowest BCUT2D eigenvalue weighted by atomic mass is 9.98. The van der Waals surface area contributed by atoms with Gasteiger partial charge in [-0.3, -0.25) is 9.59 Å². The second-order valence-corrected chi connectivity index (χ2v) is 6.14. The maximum Gasteiger partial charge on any atom is 0.255 e. The van der Waals surface area contributed by atoms with Crippen molar-refractivity contribution < 1.29 is 9.59 Å². The molecular weight excluding hydrogens is 312 g/mol. The van der Waals surface area contributed by atoms with Crippen molar-refractivity contribution in [3.8, 4) is 0 Å². The predicted octanol–water partition coefficient (Wildman–Crippen LogP) is 5.09. The quantitative estimate of drug-likeness (QED) is 0.704. The van der Waals surface area contributed by atoms with Crippen molar-refractivity contribution in [2.24, 2.45) is 5.92 Å². The number of anilines is 2. The van der Waals surface area contributed by atoms with Gasteiger partial charge in [-0.05, 0) is 43.2 Å². The standard InChI is InChI=1S/C21H26N2O2/c1-3-5-10-16(4-2)20(24)22-18-13-9-14-19(15-18)23-21(25)17-11-7-6-8-12-17/h6-9,11-16H,3-5,10H2,1-2H3,(H,22,24)(H,23,25). The molecule has 0 aliphatic carbocycles. The van der Waals surface area contributed by atoms with Crippen molar-refractivity contribution in [1.82, 2.24) is 0 Å². The number of unbranched alkanes of at least 4 members (excludes halogenated alkanes) is 1. The molecule has 2 aromatic rings. The van der Waals surface area contributed by atoms with Crippen molar-refractivity contribution >= 4 is 23.2 Å². The summed E-state index contributed by atoms with van der Waals surface area (Å²) in [7, 11) is 0. The molecule has 0 aliphatic heterocycles. The summed E-state index contributed by atoms with van der Waals surface area (Å²) in [6.45, 7) is 4.17. The van der Waals surface area contributed by atoms with Gasteiger partial charge in [0.15, 0.2) is 0 Å². The Labute approximate surface area is 149 Å². The van der Waals surface area contributed by atoms with Gasteiger partial charge in [0.2, 0.25) is 5.91 Å². The normalized spacial score (nSPS) is 11.6. The smallest absolute Gasteiger partial charge is 0.255 e. The molecule has 0 aromatic heterocycles. The van der Waals surface area contributed by atoms with E-state index in [4.69, 9.17) is 0 Å². The van der Waals surface area contributed by atoms with E-state index in [-0.39, 0.29) is 17.7 Å². The van der Waals surface area contributed by atoms with E-state index in [0.717, 1.165) is 25.7 Å². The van der Waals surface area contributed by atoms with E-state index in [1.807, 2.05) is 43.3 Å². The SMILES string of the molecule is CCCCC(CC)C(=O)Nc1cccc(NC(=O)c2ccccc2)c1. The van der Waals surface area contributed by atoms with Crippen molar-refractivity contribution in [3.05, 3.63) is 60.2 Å². The summed E-state index contributed by atoms with van der Waals surface area (Å²) in [5.41, 5.74) is 1.96. The number of hydrogen-bond donors (Lipinski definition) is 2. The molecule has 0 saturated carbocycles. The lowest BCUT2D eigenvalue weighted by Crippen LogP contribution is -2.22. The minimum atomic E-state index is -0.168. The first-order chi connectivity index (χ1) is 12.1. The fraction of sp³-hybridized carbons (Fsp3) is 0.333. The first-order valence-corrected chi connectivity index (χ1v) is 8.91. The van der Waals surface area contributed by atoms with Gasteiger partial charge in [-0.2, -0.15) is 0 Å². The van der Waals surface area contributed by atoms with Gasteiger partial charge in [-0.1, -0.05) is 51.0 Å². The van der Waals surface area contributed by atoms with E-state index < -0.39 is 0 Å². The summed E-state index contributed by atoms with van der Waals surface area (Å²) in [5.74, 6) is -0.0940. The van der Waals surface area contributed by atoms with Crippen molar-refractivity contribution in [2.75, 3.05) is 10.6 Å². The molecule has 4 heteroatoms.